The number of aromatic amines is 1. The number of amides is 2. The van der Waals surface area contributed by atoms with E-state index < -0.39 is 12.6 Å². The van der Waals surface area contributed by atoms with Crippen molar-refractivity contribution in [3.8, 4) is 0 Å². The topological polar surface area (TPSA) is 126 Å². The van der Waals surface area contributed by atoms with Crippen molar-refractivity contribution in [1.82, 2.24) is 20.0 Å². The monoisotopic (exact) mass is 469 g/mol. The summed E-state index contributed by atoms with van der Waals surface area (Å²) in [6.45, 7) is 2.88. The normalized spacial score (nSPS) is 19.1. The van der Waals surface area contributed by atoms with E-state index in [0.717, 1.165) is 5.56 Å². The first-order valence-electron chi connectivity index (χ1n) is 11.2. The van der Waals surface area contributed by atoms with Gasteiger partial charge in [-0.2, -0.15) is 5.10 Å². The number of ether oxygens (including phenoxy) is 2. The molecule has 2 fully saturated rings. The summed E-state index contributed by atoms with van der Waals surface area (Å²) in [5.74, 6) is -0.924. The van der Waals surface area contributed by atoms with Crippen molar-refractivity contribution in [3.63, 3.8) is 0 Å². The van der Waals surface area contributed by atoms with Gasteiger partial charge in [0.1, 0.15) is 6.10 Å². The molecule has 1 N–H and O–H groups in total. The molecule has 180 valence electrons. The first-order valence-corrected chi connectivity index (χ1v) is 11.2. The number of nitrogens with one attached hydrogen (secondary N) is 1. The Labute approximate surface area is 196 Å². The van der Waals surface area contributed by atoms with Gasteiger partial charge in [-0.3, -0.25) is 9.89 Å². The van der Waals surface area contributed by atoms with Crippen molar-refractivity contribution in [3.05, 3.63) is 53.9 Å². The third-order valence-electron chi connectivity index (χ3n) is 5.81. The van der Waals surface area contributed by atoms with Crippen LogP contribution in [-0.4, -0.2) is 82.6 Å². The summed E-state index contributed by atoms with van der Waals surface area (Å²) in [5, 5.41) is 10.5. The van der Waals surface area contributed by atoms with Crippen LogP contribution in [0.25, 0.3) is 0 Å². The van der Waals surface area contributed by atoms with Crippen LogP contribution in [0.2, 0.25) is 0 Å². The van der Waals surface area contributed by atoms with Crippen molar-refractivity contribution in [2.45, 2.75) is 31.9 Å². The van der Waals surface area contributed by atoms with Crippen molar-refractivity contribution in [1.29, 1.82) is 0 Å². The van der Waals surface area contributed by atoms with Gasteiger partial charge in [0.15, 0.2) is 5.71 Å². The van der Waals surface area contributed by atoms with Crippen LogP contribution in [0, 0.1) is 0 Å². The van der Waals surface area contributed by atoms with Crippen LogP contribution in [-0.2, 0) is 23.9 Å². The summed E-state index contributed by atoms with van der Waals surface area (Å²) in [6, 6.07) is 11.2. The molecule has 34 heavy (non-hydrogen) atoms. The molecule has 11 nitrogen and oxygen atoms in total. The van der Waals surface area contributed by atoms with E-state index in [9.17, 15) is 14.4 Å². The fourth-order valence-corrected chi connectivity index (χ4v) is 4.09. The number of carbonyl (C=O) groups is 3. The first kappa shape index (κ1) is 23.3. The fraction of sp³-hybridized carbons (Fsp3) is 0.435. The molecule has 0 radical (unpaired) electrons. The maximum absolute atomic E-state index is 13.2. The molecule has 0 saturated carbocycles. The molecule has 3 heterocycles. The second-order valence-corrected chi connectivity index (χ2v) is 7.95. The zero-order valence-electron chi connectivity index (χ0n) is 18.9. The number of cyclic esters (lactones) is 1. The van der Waals surface area contributed by atoms with E-state index in [4.69, 9.17) is 14.3 Å². The molecule has 2 aromatic rings. The Hall–Kier alpha value is -3.89. The van der Waals surface area contributed by atoms with Crippen LogP contribution in [0.5, 0.6) is 0 Å². The highest BCUT2D eigenvalue weighted by molar-refractivity contribution is 6.44. The van der Waals surface area contributed by atoms with Gasteiger partial charge in [-0.25, -0.2) is 9.59 Å². The van der Waals surface area contributed by atoms with Crippen LogP contribution in [0.4, 0.5) is 4.79 Å². The zero-order chi connectivity index (χ0) is 23.9. The zero-order valence-corrected chi connectivity index (χ0v) is 18.9. The highest BCUT2D eigenvalue weighted by Crippen LogP contribution is 2.30. The number of H-pyrrole nitrogens is 1. The van der Waals surface area contributed by atoms with Crippen molar-refractivity contribution < 1.29 is 28.7 Å². The summed E-state index contributed by atoms with van der Waals surface area (Å²) in [7, 11) is 0. The molecule has 2 aliphatic heterocycles. The van der Waals surface area contributed by atoms with E-state index in [2.05, 4.69) is 15.4 Å². The van der Waals surface area contributed by atoms with Crippen LogP contribution < -0.4 is 0 Å². The minimum atomic E-state index is -0.574. The highest BCUT2D eigenvalue weighted by Gasteiger charge is 2.39. The molecule has 0 spiro atoms. The minimum Gasteiger partial charge on any atom is -0.463 e. The smallest absolute Gasteiger partial charge is 0.410 e. The third-order valence-corrected chi connectivity index (χ3v) is 5.81. The molecule has 0 bridgehead atoms. The molecule has 2 aliphatic rings. The van der Waals surface area contributed by atoms with Crippen LogP contribution in [0.15, 0.2) is 47.8 Å². The van der Waals surface area contributed by atoms with Crippen LogP contribution in [0.1, 0.15) is 37.1 Å². The van der Waals surface area contributed by atoms with E-state index in [0.29, 0.717) is 38.2 Å². The van der Waals surface area contributed by atoms with E-state index >= 15 is 0 Å². The Morgan fingerprint density at radius 1 is 1.21 bits per heavy atom. The summed E-state index contributed by atoms with van der Waals surface area (Å²) < 4.78 is 10.4. The molecule has 1 unspecified atom stereocenters. The number of piperidine rings is 1. The summed E-state index contributed by atoms with van der Waals surface area (Å²) >= 11 is 0. The van der Waals surface area contributed by atoms with Gasteiger partial charge in [-0.1, -0.05) is 35.5 Å². The lowest BCUT2D eigenvalue weighted by Gasteiger charge is -2.35. The Balaban J connectivity index is 1.36. The average Bonchev–Trinajstić information content (AvgIpc) is 3.52. The highest BCUT2D eigenvalue weighted by atomic mass is 16.7. The van der Waals surface area contributed by atoms with Gasteiger partial charge in [0.05, 0.1) is 18.8 Å². The van der Waals surface area contributed by atoms with Crippen molar-refractivity contribution in [2.24, 2.45) is 5.16 Å². The Morgan fingerprint density at radius 3 is 2.65 bits per heavy atom. The second kappa shape index (κ2) is 10.8. The number of nitrogens with zero attached hydrogens (tertiary/aromatic N) is 4. The molecule has 1 aromatic carbocycles. The average molecular weight is 469 g/mol. The van der Waals surface area contributed by atoms with Crippen molar-refractivity contribution in [2.75, 3.05) is 32.8 Å². The van der Waals surface area contributed by atoms with Crippen LogP contribution >= 0.6 is 0 Å². The minimum absolute atomic E-state index is 0.0159. The predicted molar refractivity (Wildman–Crippen MR) is 120 cm³/mol. The number of oxime groups is 1. The standard InChI is InChI=1S/C23H27N5O6/c1-2-32-20(29)15-33-26-21(18-8-11-24-25-18)22(30)27-12-9-17(10-13-27)28-14-19(34-23(28)31)16-6-4-3-5-7-16/h3-8,11,17,19H,2,9-10,12-15H2,1H3,(H,24,25). The third kappa shape index (κ3) is 5.36. The van der Waals surface area contributed by atoms with Crippen LogP contribution in [0.3, 0.4) is 0 Å². The van der Waals surface area contributed by atoms with E-state index in [1.807, 2.05) is 30.3 Å². The molecule has 1 aromatic heterocycles. The van der Waals surface area contributed by atoms with Gasteiger partial charge in [-0.05, 0) is 31.4 Å². The van der Waals surface area contributed by atoms with Gasteiger partial charge in [0.2, 0.25) is 6.61 Å². The van der Waals surface area contributed by atoms with Gasteiger partial charge in [0.25, 0.3) is 5.91 Å². The number of hydrogen-bond donors (Lipinski definition) is 1. The number of esters is 1. The first-order chi connectivity index (χ1) is 16.6. The molecule has 1 atom stereocenters. The molecule has 11 heteroatoms. The van der Waals surface area contributed by atoms with Gasteiger partial charge in [-0.15, -0.1) is 0 Å². The SMILES string of the molecule is CCOC(=O)CON=C(C(=O)N1CCC(N2CC(c3ccccc3)OC2=O)CC1)c1ccn[nH]1. The lowest BCUT2D eigenvalue weighted by molar-refractivity contribution is -0.148. The molecule has 2 saturated heterocycles. The van der Waals surface area contributed by atoms with Gasteiger partial charge < -0.3 is 24.1 Å². The predicted octanol–water partition coefficient (Wildman–Crippen LogP) is 1.88. The van der Waals surface area contributed by atoms with Gasteiger partial charge >= 0.3 is 12.1 Å². The fourth-order valence-electron chi connectivity index (χ4n) is 4.09. The van der Waals surface area contributed by atoms with E-state index in [-0.39, 0.29) is 36.5 Å². The quantitative estimate of drug-likeness (QED) is 0.355. The number of likely N-dealkylation sites (tertiary alicyclic amines) is 1. The number of rotatable bonds is 8. The summed E-state index contributed by atoms with van der Waals surface area (Å²) in [4.78, 5) is 45.7. The van der Waals surface area contributed by atoms with Gasteiger partial charge in [0, 0.05) is 25.3 Å². The van der Waals surface area contributed by atoms with E-state index in [1.165, 1.54) is 6.20 Å². The number of hydrogen-bond acceptors (Lipinski definition) is 8. The largest absolute Gasteiger partial charge is 0.463 e. The van der Waals surface area contributed by atoms with E-state index in [1.54, 1.807) is 22.8 Å². The molecular weight excluding hydrogens is 442 g/mol. The molecular formula is C23H27N5O6. The Kier molecular flexibility index (Phi) is 7.41. The number of benzene rings is 1. The van der Waals surface area contributed by atoms with Crippen molar-refractivity contribution >= 4 is 23.7 Å². The molecule has 2 amide bonds. The lowest BCUT2D eigenvalue weighted by atomic mass is 10.0. The number of aromatic nitrogens is 2. The Morgan fingerprint density at radius 2 is 1.97 bits per heavy atom. The maximum atomic E-state index is 13.2. The molecule has 0 aliphatic carbocycles. The second-order valence-electron chi connectivity index (χ2n) is 7.95. The number of carbonyl (C=O) groups excluding carboxylic acids is 3. The Bertz CT molecular complexity index is 1020. The molecule has 4 rings (SSSR count). The lowest BCUT2D eigenvalue weighted by Crippen LogP contribution is -2.49. The maximum Gasteiger partial charge on any atom is 0.410 e. The summed E-state index contributed by atoms with van der Waals surface area (Å²) in [5.41, 5.74) is 1.36. The summed E-state index contributed by atoms with van der Waals surface area (Å²) in [6.07, 6.45) is 2.11.